The van der Waals surface area contributed by atoms with Gasteiger partial charge < -0.3 is 16.2 Å². The van der Waals surface area contributed by atoms with Crippen LogP contribution < -0.4 is 11.1 Å². The molecule has 0 radical (unpaired) electrons. The van der Waals surface area contributed by atoms with Gasteiger partial charge in [-0.2, -0.15) is 0 Å². The Morgan fingerprint density at radius 2 is 1.82 bits per heavy atom. The molecule has 0 spiro atoms. The predicted octanol–water partition coefficient (Wildman–Crippen LogP) is 3.13. The highest BCUT2D eigenvalue weighted by Crippen LogP contribution is 2.32. The van der Waals surface area contributed by atoms with Crippen LogP contribution in [0.4, 0.5) is 15.8 Å². The van der Waals surface area contributed by atoms with Gasteiger partial charge in [0, 0.05) is 6.07 Å². The lowest BCUT2D eigenvalue weighted by molar-refractivity contribution is 0.0240. The molecule has 17 heavy (non-hydrogen) atoms. The van der Waals surface area contributed by atoms with Crippen molar-refractivity contribution in [2.45, 2.75) is 38.8 Å². The van der Waals surface area contributed by atoms with Crippen LogP contribution >= 0.6 is 15.9 Å². The fourth-order valence-electron chi connectivity index (χ4n) is 1.16. The zero-order valence-electron chi connectivity index (χ0n) is 10.4. The molecule has 1 aromatic carbocycles. The zero-order valence-corrected chi connectivity index (χ0v) is 12.0. The molecule has 0 amide bonds. The molecule has 0 saturated carbocycles. The number of nitrogens with two attached hydrogens (primary N) is 1. The van der Waals surface area contributed by atoms with E-state index in [0.717, 1.165) is 0 Å². The van der Waals surface area contributed by atoms with E-state index in [1.165, 1.54) is 12.1 Å². The van der Waals surface area contributed by atoms with Crippen LogP contribution in [-0.2, 0) is 0 Å². The Kier molecular flexibility index (Phi) is 3.74. The molecule has 0 aromatic heterocycles. The van der Waals surface area contributed by atoms with E-state index in [4.69, 9.17) is 5.73 Å². The van der Waals surface area contributed by atoms with Crippen molar-refractivity contribution < 1.29 is 9.50 Å². The largest absolute Gasteiger partial charge is 0.397 e. The van der Waals surface area contributed by atoms with Crippen molar-refractivity contribution in [1.82, 2.24) is 0 Å². The average molecular weight is 305 g/mol. The number of aliphatic hydroxyl groups is 1. The van der Waals surface area contributed by atoms with E-state index < -0.39 is 17.0 Å². The van der Waals surface area contributed by atoms with Crippen LogP contribution in [0, 0.1) is 5.82 Å². The predicted molar refractivity (Wildman–Crippen MR) is 72.5 cm³/mol. The molecule has 0 saturated heterocycles. The second-order valence-electron chi connectivity index (χ2n) is 5.16. The van der Waals surface area contributed by atoms with E-state index in [0.29, 0.717) is 15.8 Å². The van der Waals surface area contributed by atoms with Crippen molar-refractivity contribution in [1.29, 1.82) is 0 Å². The van der Waals surface area contributed by atoms with Crippen LogP contribution in [0.3, 0.4) is 0 Å². The van der Waals surface area contributed by atoms with Gasteiger partial charge in [0.1, 0.15) is 5.82 Å². The summed E-state index contributed by atoms with van der Waals surface area (Å²) in [6.07, 6.45) is 0. The first kappa shape index (κ1) is 14.3. The number of benzene rings is 1. The number of nitrogens with one attached hydrogen (secondary N) is 1. The summed E-state index contributed by atoms with van der Waals surface area (Å²) in [4.78, 5) is 0. The second kappa shape index (κ2) is 4.46. The first-order valence-electron chi connectivity index (χ1n) is 5.29. The highest BCUT2D eigenvalue weighted by Gasteiger charge is 2.35. The van der Waals surface area contributed by atoms with Gasteiger partial charge >= 0.3 is 0 Å². The van der Waals surface area contributed by atoms with Crippen molar-refractivity contribution in [2.75, 3.05) is 11.1 Å². The van der Waals surface area contributed by atoms with Gasteiger partial charge in [-0.05, 0) is 49.7 Å². The van der Waals surface area contributed by atoms with Crippen LogP contribution in [0.15, 0.2) is 16.6 Å². The maximum absolute atomic E-state index is 13.4. The van der Waals surface area contributed by atoms with E-state index in [1.807, 2.05) is 13.8 Å². The summed E-state index contributed by atoms with van der Waals surface area (Å²) in [7, 11) is 0. The molecule has 3 nitrogen and oxygen atoms in total. The summed E-state index contributed by atoms with van der Waals surface area (Å²) in [6.45, 7) is 7.02. The standard InChI is InChI=1S/C12H18BrFN2O/c1-11(2,12(3,4)17)16-10-6-8(14)7(13)5-9(10)15/h5-6,16-17H,15H2,1-4H3. The van der Waals surface area contributed by atoms with Crippen molar-refractivity contribution in [3.63, 3.8) is 0 Å². The van der Waals surface area contributed by atoms with Crippen molar-refractivity contribution >= 4 is 27.3 Å². The molecular weight excluding hydrogens is 287 g/mol. The molecule has 0 aliphatic carbocycles. The molecule has 0 aliphatic rings. The fourth-order valence-corrected chi connectivity index (χ4v) is 1.52. The third kappa shape index (κ3) is 3.10. The highest BCUT2D eigenvalue weighted by molar-refractivity contribution is 9.10. The van der Waals surface area contributed by atoms with Gasteiger partial charge in [-0.25, -0.2) is 4.39 Å². The van der Waals surface area contributed by atoms with E-state index in [1.54, 1.807) is 13.8 Å². The molecule has 96 valence electrons. The Bertz CT molecular complexity index is 427. The van der Waals surface area contributed by atoms with Crippen LogP contribution in [0.5, 0.6) is 0 Å². The average Bonchev–Trinajstić information content (AvgIpc) is 2.12. The first-order valence-corrected chi connectivity index (χ1v) is 6.09. The van der Waals surface area contributed by atoms with Crippen molar-refractivity contribution in [3.8, 4) is 0 Å². The number of nitrogen functional groups attached to an aromatic ring is 1. The molecule has 1 rings (SSSR count). The summed E-state index contributed by atoms with van der Waals surface area (Å²) < 4.78 is 13.7. The Labute approximate surface area is 109 Å². The lowest BCUT2D eigenvalue weighted by Gasteiger charge is -2.39. The minimum Gasteiger partial charge on any atom is -0.397 e. The molecule has 0 bridgehead atoms. The summed E-state index contributed by atoms with van der Waals surface area (Å²) >= 11 is 3.07. The third-order valence-electron chi connectivity index (χ3n) is 3.07. The second-order valence-corrected chi connectivity index (χ2v) is 6.02. The van der Waals surface area contributed by atoms with Gasteiger partial charge in [-0.1, -0.05) is 0 Å². The minimum atomic E-state index is -0.969. The van der Waals surface area contributed by atoms with Gasteiger partial charge in [0.15, 0.2) is 0 Å². The van der Waals surface area contributed by atoms with Gasteiger partial charge in [0.05, 0.1) is 27.0 Å². The third-order valence-corrected chi connectivity index (χ3v) is 3.68. The lowest BCUT2D eigenvalue weighted by Crippen LogP contribution is -2.51. The van der Waals surface area contributed by atoms with Crippen molar-refractivity contribution in [3.05, 3.63) is 22.4 Å². The molecule has 4 N–H and O–H groups in total. The van der Waals surface area contributed by atoms with Gasteiger partial charge in [-0.3, -0.25) is 0 Å². The van der Waals surface area contributed by atoms with Crippen molar-refractivity contribution in [2.24, 2.45) is 0 Å². The van der Waals surface area contributed by atoms with Gasteiger partial charge in [0.2, 0.25) is 0 Å². The number of hydrogen-bond acceptors (Lipinski definition) is 3. The topological polar surface area (TPSA) is 58.3 Å². The molecule has 0 atom stereocenters. The number of halogens is 2. The maximum atomic E-state index is 13.4. The Balaban J connectivity index is 3.08. The number of rotatable bonds is 3. The monoisotopic (exact) mass is 304 g/mol. The summed E-state index contributed by atoms with van der Waals surface area (Å²) in [5.74, 6) is -0.395. The van der Waals surface area contributed by atoms with Gasteiger partial charge in [-0.15, -0.1) is 0 Å². The summed E-state index contributed by atoms with van der Waals surface area (Å²) in [5, 5.41) is 13.1. The van der Waals surface area contributed by atoms with E-state index >= 15 is 0 Å². The van der Waals surface area contributed by atoms with E-state index in [-0.39, 0.29) is 0 Å². The SMILES string of the molecule is CC(C)(O)C(C)(C)Nc1cc(F)c(Br)cc1N. The van der Waals surface area contributed by atoms with Gasteiger partial charge in [0.25, 0.3) is 0 Å². The summed E-state index contributed by atoms with van der Waals surface area (Å²) in [6, 6.07) is 2.81. The Morgan fingerprint density at radius 1 is 1.29 bits per heavy atom. The number of anilines is 2. The van der Waals surface area contributed by atoms with E-state index in [9.17, 15) is 9.50 Å². The fraction of sp³-hybridized carbons (Fsp3) is 0.500. The smallest absolute Gasteiger partial charge is 0.139 e. The minimum absolute atomic E-state index is 0.321. The Morgan fingerprint density at radius 3 is 2.29 bits per heavy atom. The quantitative estimate of drug-likeness (QED) is 0.752. The molecule has 1 aromatic rings. The maximum Gasteiger partial charge on any atom is 0.139 e. The highest BCUT2D eigenvalue weighted by atomic mass is 79.9. The molecule has 0 heterocycles. The normalized spacial score (nSPS) is 12.6. The van der Waals surface area contributed by atoms with E-state index in [2.05, 4.69) is 21.2 Å². The van der Waals surface area contributed by atoms with Crippen LogP contribution in [0.1, 0.15) is 27.7 Å². The summed E-state index contributed by atoms with van der Waals surface area (Å²) in [5.41, 5.74) is 5.09. The first-order chi connectivity index (χ1) is 7.54. The lowest BCUT2D eigenvalue weighted by atomic mass is 9.85. The number of hydrogen-bond donors (Lipinski definition) is 3. The van der Waals surface area contributed by atoms with Crippen LogP contribution in [0.2, 0.25) is 0 Å². The molecule has 0 aliphatic heterocycles. The zero-order chi connectivity index (χ0) is 13.4. The molecular formula is C12H18BrFN2O. The molecule has 0 fully saturated rings. The molecule has 5 heteroatoms. The van der Waals surface area contributed by atoms with Crippen LogP contribution in [-0.4, -0.2) is 16.2 Å². The molecule has 0 unspecified atom stereocenters. The Hall–Kier alpha value is -0.810. The van der Waals surface area contributed by atoms with Crippen LogP contribution in [0.25, 0.3) is 0 Å².